The average molecular weight is 113 g/mol. The summed E-state index contributed by atoms with van der Waals surface area (Å²) in [5.41, 5.74) is -0.903. The largest absolute Gasteiger partial charge is 0.403 e. The van der Waals surface area contributed by atoms with E-state index in [1.54, 1.807) is 13.8 Å². The highest BCUT2D eigenvalue weighted by Crippen LogP contribution is 2.14. The lowest BCUT2D eigenvalue weighted by Crippen LogP contribution is -2.12. The van der Waals surface area contributed by atoms with E-state index in [-0.39, 0.29) is 0 Å². The third-order valence-electron chi connectivity index (χ3n) is 1.14. The Morgan fingerprint density at radius 3 is 2.38 bits per heavy atom. The van der Waals surface area contributed by atoms with Gasteiger partial charge >= 0.3 is 5.66 Å². The van der Waals surface area contributed by atoms with Crippen molar-refractivity contribution in [3.05, 3.63) is 9.75 Å². The average Bonchev–Trinajstić information content (AvgIpc) is 1.87. The molecule has 0 spiro atoms. The standard InChI is InChI=1S/C5H9N2O/c1-4-5(2,6-3)7-8/h3H,4H2,1-2H3/q+1. The minimum atomic E-state index is -0.903. The molecule has 44 valence electrons. The van der Waals surface area contributed by atoms with E-state index in [1.807, 2.05) is 0 Å². The summed E-state index contributed by atoms with van der Waals surface area (Å²) in [5.74, 6) is 0. The van der Waals surface area contributed by atoms with Crippen LogP contribution in [0, 0.1) is 11.5 Å². The molecule has 3 nitrogen and oxygen atoms in total. The van der Waals surface area contributed by atoms with Gasteiger partial charge in [-0.3, -0.25) is 0 Å². The molecule has 0 saturated carbocycles. The molecule has 0 aromatic heterocycles. The van der Waals surface area contributed by atoms with Crippen LogP contribution in [0.1, 0.15) is 20.3 Å². The summed E-state index contributed by atoms with van der Waals surface area (Å²) in [5, 5.41) is 2.72. The minimum absolute atomic E-state index is 0.549. The normalized spacial score (nSPS) is 16.1. The van der Waals surface area contributed by atoms with Crippen LogP contribution in [0.5, 0.6) is 0 Å². The third kappa shape index (κ3) is 1.30. The van der Waals surface area contributed by atoms with Gasteiger partial charge in [-0.2, -0.15) is 0 Å². The van der Waals surface area contributed by atoms with E-state index in [9.17, 15) is 4.91 Å². The molecule has 3 heteroatoms. The van der Waals surface area contributed by atoms with Gasteiger partial charge in [-0.15, -0.1) is 4.91 Å². The second kappa shape index (κ2) is 2.41. The van der Waals surface area contributed by atoms with Crippen LogP contribution >= 0.6 is 0 Å². The second-order valence-electron chi connectivity index (χ2n) is 1.79. The van der Waals surface area contributed by atoms with Gasteiger partial charge in [-0.25, -0.2) is 0 Å². The molecule has 0 aromatic rings. The van der Waals surface area contributed by atoms with Crippen molar-refractivity contribution in [2.24, 2.45) is 5.18 Å². The Morgan fingerprint density at radius 1 is 1.88 bits per heavy atom. The summed E-state index contributed by atoms with van der Waals surface area (Å²) in [6, 6.07) is 0. The molecule has 0 aliphatic rings. The van der Waals surface area contributed by atoms with Gasteiger partial charge in [0.15, 0.2) is 0 Å². The van der Waals surface area contributed by atoms with E-state index in [1.165, 1.54) is 0 Å². The van der Waals surface area contributed by atoms with Crippen LogP contribution in [-0.4, -0.2) is 5.66 Å². The number of rotatable bonds is 2. The number of nitrogens with zero attached hydrogens (tertiary/aromatic N) is 2. The van der Waals surface area contributed by atoms with Crippen molar-refractivity contribution in [3.63, 3.8) is 0 Å². The summed E-state index contributed by atoms with van der Waals surface area (Å²) in [6.07, 6.45) is 0.549. The van der Waals surface area contributed by atoms with E-state index in [2.05, 4.69) is 10.0 Å². The molecule has 0 aromatic carbocycles. The first kappa shape index (κ1) is 7.09. The van der Waals surface area contributed by atoms with Crippen molar-refractivity contribution in [2.75, 3.05) is 0 Å². The Labute approximate surface area is 48.5 Å². The van der Waals surface area contributed by atoms with E-state index < -0.39 is 5.66 Å². The van der Waals surface area contributed by atoms with Gasteiger partial charge in [0.1, 0.15) is 0 Å². The van der Waals surface area contributed by atoms with Crippen LogP contribution < -0.4 is 0 Å². The zero-order chi connectivity index (χ0) is 6.62. The Balaban J connectivity index is 4.03. The molecule has 8 heavy (non-hydrogen) atoms. The van der Waals surface area contributed by atoms with Gasteiger partial charge in [0.25, 0.3) is 6.57 Å². The Morgan fingerprint density at radius 2 is 2.38 bits per heavy atom. The molecule has 1 atom stereocenters. The SMILES string of the molecule is C#[N+]C(C)(CC)N=O. The summed E-state index contributed by atoms with van der Waals surface area (Å²) < 4.78 is 0. The molecule has 0 heterocycles. The van der Waals surface area contributed by atoms with Gasteiger partial charge in [-0.05, 0) is 0 Å². The zero-order valence-corrected chi connectivity index (χ0v) is 5.09. The highest BCUT2D eigenvalue weighted by molar-refractivity contribution is 4.92. The van der Waals surface area contributed by atoms with Crippen LogP contribution in [0.4, 0.5) is 0 Å². The van der Waals surface area contributed by atoms with Crippen LogP contribution in [0.3, 0.4) is 0 Å². The second-order valence-corrected chi connectivity index (χ2v) is 1.79. The molecular formula is C5H9N2O+. The summed E-state index contributed by atoms with van der Waals surface area (Å²) >= 11 is 0. The first-order chi connectivity index (χ1) is 3.68. The molecule has 0 saturated heterocycles. The van der Waals surface area contributed by atoms with Crippen LogP contribution in [0.25, 0.3) is 4.85 Å². The molecule has 0 aliphatic heterocycles. The first-order valence-electron chi connectivity index (χ1n) is 2.45. The predicted octanol–water partition coefficient (Wildman–Crippen LogP) is 1.84. The maximum Gasteiger partial charge on any atom is 0.403 e. The first-order valence-corrected chi connectivity index (χ1v) is 2.45. The minimum Gasteiger partial charge on any atom is -0.142 e. The van der Waals surface area contributed by atoms with E-state index >= 15 is 0 Å². The molecule has 0 bridgehead atoms. The predicted molar refractivity (Wildman–Crippen MR) is 32.8 cm³/mol. The quantitative estimate of drug-likeness (QED) is 0.503. The molecule has 0 rings (SSSR count). The highest BCUT2D eigenvalue weighted by atomic mass is 16.3. The summed E-state index contributed by atoms with van der Waals surface area (Å²) in [6.45, 7) is 8.25. The Kier molecular flexibility index (Phi) is 2.14. The maximum atomic E-state index is 9.87. The van der Waals surface area contributed by atoms with Crippen molar-refractivity contribution >= 4 is 0 Å². The Hall–Kier alpha value is -0.910. The van der Waals surface area contributed by atoms with Crippen LogP contribution in [-0.2, 0) is 0 Å². The number of nitroso groups, excluding NO2 is 1. The number of hydrogen-bond donors (Lipinski definition) is 0. The molecule has 1 unspecified atom stereocenters. The van der Waals surface area contributed by atoms with E-state index in [0.29, 0.717) is 6.42 Å². The van der Waals surface area contributed by atoms with E-state index in [0.717, 1.165) is 0 Å². The molecule has 0 aliphatic carbocycles. The van der Waals surface area contributed by atoms with Crippen molar-refractivity contribution < 1.29 is 0 Å². The van der Waals surface area contributed by atoms with Crippen molar-refractivity contribution in [2.45, 2.75) is 25.9 Å². The van der Waals surface area contributed by atoms with Gasteiger partial charge in [0, 0.05) is 12.1 Å². The lowest BCUT2D eigenvalue weighted by molar-refractivity contribution is 0.559. The molecule has 0 radical (unpaired) electrons. The monoisotopic (exact) mass is 113 g/mol. The smallest absolute Gasteiger partial charge is 0.142 e. The zero-order valence-electron chi connectivity index (χ0n) is 5.09. The van der Waals surface area contributed by atoms with Crippen molar-refractivity contribution in [1.82, 2.24) is 0 Å². The van der Waals surface area contributed by atoms with Gasteiger partial charge in [0.05, 0.1) is 6.42 Å². The fourth-order valence-corrected chi connectivity index (χ4v) is 0.179. The van der Waals surface area contributed by atoms with E-state index in [4.69, 9.17) is 6.57 Å². The summed E-state index contributed by atoms with van der Waals surface area (Å²) in [7, 11) is 0. The third-order valence-corrected chi connectivity index (χ3v) is 1.14. The number of hydrogen-bond acceptors (Lipinski definition) is 2. The molecular weight excluding hydrogens is 104 g/mol. The maximum absolute atomic E-state index is 9.87. The fourth-order valence-electron chi connectivity index (χ4n) is 0.179. The van der Waals surface area contributed by atoms with Crippen LogP contribution in [0.2, 0.25) is 0 Å². The lowest BCUT2D eigenvalue weighted by atomic mass is 10.2. The highest BCUT2D eigenvalue weighted by Gasteiger charge is 2.32. The molecule has 0 amide bonds. The fraction of sp³-hybridized carbons (Fsp3) is 0.800. The van der Waals surface area contributed by atoms with Gasteiger partial charge in [0.2, 0.25) is 0 Å². The van der Waals surface area contributed by atoms with Crippen molar-refractivity contribution in [3.8, 4) is 6.57 Å². The van der Waals surface area contributed by atoms with Gasteiger partial charge in [-0.1, -0.05) is 11.8 Å². The van der Waals surface area contributed by atoms with Gasteiger partial charge < -0.3 is 0 Å². The topological polar surface area (TPSA) is 33.8 Å². The summed E-state index contributed by atoms with van der Waals surface area (Å²) in [4.78, 5) is 13.1. The lowest BCUT2D eigenvalue weighted by Gasteiger charge is -1.94. The molecule has 0 fully saturated rings. The van der Waals surface area contributed by atoms with Crippen LogP contribution in [0.15, 0.2) is 5.18 Å². The Bertz CT molecular complexity index is 127. The molecule has 0 N–H and O–H groups in total. The van der Waals surface area contributed by atoms with Crippen molar-refractivity contribution in [1.29, 1.82) is 0 Å².